The Morgan fingerprint density at radius 2 is 1.96 bits per heavy atom. The number of nitrogens with zero attached hydrogens (tertiary/aromatic N) is 3. The van der Waals surface area contributed by atoms with Crippen LogP contribution in [0, 0.1) is 6.92 Å². The molecule has 2 heterocycles. The minimum absolute atomic E-state index is 0.773. The molecule has 23 heavy (non-hydrogen) atoms. The summed E-state index contributed by atoms with van der Waals surface area (Å²) in [6.45, 7) is 2.01. The maximum atomic E-state index is 5.36. The van der Waals surface area contributed by atoms with Crippen molar-refractivity contribution < 1.29 is 4.74 Å². The van der Waals surface area contributed by atoms with Crippen molar-refractivity contribution >= 4 is 44.0 Å². The highest BCUT2D eigenvalue weighted by Gasteiger charge is 2.09. The number of fused-ring (bicyclic) bond motifs is 2. The summed E-state index contributed by atoms with van der Waals surface area (Å²) >= 11 is 1.63. The van der Waals surface area contributed by atoms with Crippen molar-refractivity contribution in [3.63, 3.8) is 0 Å². The number of thiazole rings is 1. The number of hydrogen-bond donors (Lipinski definition) is 1. The normalized spacial score (nSPS) is 11.0. The number of methoxy groups -OCH3 is 1. The van der Waals surface area contributed by atoms with E-state index in [2.05, 4.69) is 26.3 Å². The molecule has 4 aromatic rings. The Kier molecular flexibility index (Phi) is 3.31. The molecule has 0 saturated carbocycles. The third-order valence-electron chi connectivity index (χ3n) is 3.75. The SMILES string of the molecule is COc1cc2ncnc(Nc3ccc4scnc4c3)c2cc1C. The second kappa shape index (κ2) is 5.48. The highest BCUT2D eigenvalue weighted by Crippen LogP contribution is 2.30. The fourth-order valence-corrected chi connectivity index (χ4v) is 3.24. The van der Waals surface area contributed by atoms with Gasteiger partial charge >= 0.3 is 0 Å². The Hall–Kier alpha value is -2.73. The van der Waals surface area contributed by atoms with Crippen molar-refractivity contribution in [2.75, 3.05) is 12.4 Å². The molecule has 0 aliphatic heterocycles. The lowest BCUT2D eigenvalue weighted by Crippen LogP contribution is -1.97. The van der Waals surface area contributed by atoms with Crippen LogP contribution in [-0.2, 0) is 0 Å². The van der Waals surface area contributed by atoms with Crippen LogP contribution in [0.2, 0.25) is 0 Å². The first-order chi connectivity index (χ1) is 11.2. The van der Waals surface area contributed by atoms with E-state index in [1.165, 1.54) is 4.70 Å². The number of hydrogen-bond acceptors (Lipinski definition) is 6. The lowest BCUT2D eigenvalue weighted by Gasteiger charge is -2.11. The quantitative estimate of drug-likeness (QED) is 0.609. The predicted molar refractivity (Wildman–Crippen MR) is 93.7 cm³/mol. The lowest BCUT2D eigenvalue weighted by molar-refractivity contribution is 0.412. The number of benzene rings is 2. The molecule has 0 aliphatic carbocycles. The van der Waals surface area contributed by atoms with Gasteiger partial charge in [-0.2, -0.15) is 0 Å². The molecule has 6 heteroatoms. The number of aromatic nitrogens is 3. The van der Waals surface area contributed by atoms with Crippen molar-refractivity contribution in [1.29, 1.82) is 0 Å². The van der Waals surface area contributed by atoms with E-state index < -0.39 is 0 Å². The smallest absolute Gasteiger partial charge is 0.141 e. The number of nitrogens with one attached hydrogen (secondary N) is 1. The number of anilines is 2. The van der Waals surface area contributed by atoms with Gasteiger partial charge in [0, 0.05) is 17.1 Å². The van der Waals surface area contributed by atoms with E-state index in [1.54, 1.807) is 24.8 Å². The second-order valence-electron chi connectivity index (χ2n) is 5.22. The van der Waals surface area contributed by atoms with Gasteiger partial charge in [0.1, 0.15) is 17.9 Å². The van der Waals surface area contributed by atoms with Gasteiger partial charge in [-0.1, -0.05) is 0 Å². The molecule has 0 radical (unpaired) electrons. The summed E-state index contributed by atoms with van der Waals surface area (Å²) in [5, 5.41) is 4.33. The maximum Gasteiger partial charge on any atom is 0.141 e. The molecule has 0 spiro atoms. The minimum atomic E-state index is 0.773. The number of aryl methyl sites for hydroxylation is 1. The van der Waals surface area contributed by atoms with E-state index in [0.29, 0.717) is 0 Å². The predicted octanol–water partition coefficient (Wildman–Crippen LogP) is 4.30. The molecule has 0 bridgehead atoms. The molecule has 0 fully saturated rings. The van der Waals surface area contributed by atoms with Crippen molar-refractivity contribution in [2.45, 2.75) is 6.92 Å². The molecular weight excluding hydrogens is 308 g/mol. The summed E-state index contributed by atoms with van der Waals surface area (Å²) < 4.78 is 6.53. The Balaban J connectivity index is 1.80. The number of rotatable bonds is 3. The fraction of sp³-hybridized carbons (Fsp3) is 0.118. The van der Waals surface area contributed by atoms with Crippen molar-refractivity contribution in [3.05, 3.63) is 47.7 Å². The van der Waals surface area contributed by atoms with Gasteiger partial charge in [0.05, 0.1) is 28.4 Å². The van der Waals surface area contributed by atoms with Gasteiger partial charge in [-0.25, -0.2) is 15.0 Å². The standard InChI is InChI=1S/C17H14N4OS/c1-10-5-12-13(7-15(10)22-2)18-8-19-17(12)21-11-3-4-16-14(6-11)20-9-23-16/h3-9H,1-2H3,(H,18,19,21). The lowest BCUT2D eigenvalue weighted by atomic mass is 10.1. The van der Waals surface area contributed by atoms with E-state index in [9.17, 15) is 0 Å². The average Bonchev–Trinajstić information content (AvgIpc) is 3.02. The Labute approximate surface area is 137 Å². The van der Waals surface area contributed by atoms with Crippen LogP contribution in [0.4, 0.5) is 11.5 Å². The van der Waals surface area contributed by atoms with Gasteiger partial charge < -0.3 is 10.1 Å². The third-order valence-corrected chi connectivity index (χ3v) is 4.56. The molecule has 0 aliphatic rings. The Bertz CT molecular complexity index is 1010. The van der Waals surface area contributed by atoms with Crippen LogP contribution in [0.15, 0.2) is 42.2 Å². The van der Waals surface area contributed by atoms with Crippen LogP contribution < -0.4 is 10.1 Å². The Morgan fingerprint density at radius 3 is 2.83 bits per heavy atom. The molecule has 4 rings (SSSR count). The third kappa shape index (κ3) is 2.47. The summed E-state index contributed by atoms with van der Waals surface area (Å²) in [7, 11) is 1.66. The zero-order valence-electron chi connectivity index (χ0n) is 12.7. The summed E-state index contributed by atoms with van der Waals surface area (Å²) in [6, 6.07) is 10.1. The van der Waals surface area contributed by atoms with Crippen LogP contribution in [-0.4, -0.2) is 22.1 Å². The number of ether oxygens (including phenoxy) is 1. The largest absolute Gasteiger partial charge is 0.496 e. The first-order valence-corrected chi connectivity index (χ1v) is 8.02. The molecule has 5 nitrogen and oxygen atoms in total. The molecular formula is C17H14N4OS. The summed E-state index contributed by atoms with van der Waals surface area (Å²) in [5.41, 5.74) is 5.69. The van der Waals surface area contributed by atoms with E-state index in [0.717, 1.165) is 39.2 Å². The van der Waals surface area contributed by atoms with Gasteiger partial charge in [-0.05, 0) is 36.8 Å². The highest BCUT2D eigenvalue weighted by atomic mass is 32.1. The van der Waals surface area contributed by atoms with Gasteiger partial charge in [0.15, 0.2) is 0 Å². The maximum absolute atomic E-state index is 5.36. The van der Waals surface area contributed by atoms with E-state index in [4.69, 9.17) is 4.74 Å². The van der Waals surface area contributed by atoms with Crippen LogP contribution in [0.5, 0.6) is 5.75 Å². The second-order valence-corrected chi connectivity index (χ2v) is 6.11. The highest BCUT2D eigenvalue weighted by molar-refractivity contribution is 7.16. The van der Waals surface area contributed by atoms with Crippen LogP contribution in [0.1, 0.15) is 5.56 Å². The summed E-state index contributed by atoms with van der Waals surface area (Å²) in [4.78, 5) is 13.1. The molecule has 1 N–H and O–H groups in total. The van der Waals surface area contributed by atoms with Gasteiger partial charge in [0.2, 0.25) is 0 Å². The van der Waals surface area contributed by atoms with Crippen molar-refractivity contribution in [3.8, 4) is 5.75 Å². The zero-order valence-corrected chi connectivity index (χ0v) is 13.5. The molecule has 2 aromatic heterocycles. The summed E-state index contributed by atoms with van der Waals surface area (Å²) in [6.07, 6.45) is 1.56. The molecule has 0 amide bonds. The van der Waals surface area contributed by atoms with Gasteiger partial charge in [-0.15, -0.1) is 11.3 Å². The van der Waals surface area contributed by atoms with Crippen LogP contribution in [0.25, 0.3) is 21.1 Å². The topological polar surface area (TPSA) is 59.9 Å². The minimum Gasteiger partial charge on any atom is -0.496 e. The van der Waals surface area contributed by atoms with Crippen molar-refractivity contribution in [2.24, 2.45) is 0 Å². The van der Waals surface area contributed by atoms with Crippen LogP contribution in [0.3, 0.4) is 0 Å². The van der Waals surface area contributed by atoms with Gasteiger partial charge in [-0.3, -0.25) is 0 Å². The molecule has 2 aromatic carbocycles. The fourth-order valence-electron chi connectivity index (χ4n) is 2.58. The van der Waals surface area contributed by atoms with Gasteiger partial charge in [0.25, 0.3) is 0 Å². The Morgan fingerprint density at radius 1 is 1.04 bits per heavy atom. The first kappa shape index (κ1) is 13.9. The van der Waals surface area contributed by atoms with Crippen LogP contribution >= 0.6 is 11.3 Å². The molecule has 0 unspecified atom stereocenters. The monoisotopic (exact) mass is 322 g/mol. The molecule has 0 atom stereocenters. The first-order valence-electron chi connectivity index (χ1n) is 7.14. The van der Waals surface area contributed by atoms with E-state index >= 15 is 0 Å². The average molecular weight is 322 g/mol. The molecule has 0 saturated heterocycles. The van der Waals surface area contributed by atoms with Crippen molar-refractivity contribution in [1.82, 2.24) is 15.0 Å². The molecule has 114 valence electrons. The zero-order chi connectivity index (χ0) is 15.8. The van der Waals surface area contributed by atoms with E-state index in [1.807, 2.05) is 36.7 Å². The summed E-state index contributed by atoms with van der Waals surface area (Å²) in [5.74, 6) is 1.60. The van der Waals surface area contributed by atoms with E-state index in [-0.39, 0.29) is 0 Å².